The summed E-state index contributed by atoms with van der Waals surface area (Å²) in [6, 6.07) is 15.1. The molecule has 114 valence electrons. The minimum atomic E-state index is -0.224. The Morgan fingerprint density at radius 2 is 1.73 bits per heavy atom. The molecule has 3 nitrogen and oxygen atoms in total. The van der Waals surface area contributed by atoms with Crippen LogP contribution < -0.4 is 5.32 Å². The van der Waals surface area contributed by atoms with Gasteiger partial charge in [0, 0.05) is 17.7 Å². The van der Waals surface area contributed by atoms with Crippen LogP contribution in [0.1, 0.15) is 51.6 Å². The minimum absolute atomic E-state index is 0.224. The molecule has 0 aromatic heterocycles. The summed E-state index contributed by atoms with van der Waals surface area (Å²) in [5.74, 6) is -0.224. The van der Waals surface area contributed by atoms with Crippen molar-refractivity contribution in [2.75, 3.05) is 0 Å². The molecule has 1 amide bonds. The van der Waals surface area contributed by atoms with E-state index in [4.69, 9.17) is 0 Å². The SMILES string of the molecule is CCCCc1ccc(CNC(=O)c2ccccc2C=O)cc1. The highest BCUT2D eigenvalue weighted by Gasteiger charge is 2.09. The van der Waals surface area contributed by atoms with Crippen molar-refractivity contribution in [1.82, 2.24) is 5.32 Å². The topological polar surface area (TPSA) is 46.2 Å². The molecule has 22 heavy (non-hydrogen) atoms. The Kier molecular flexibility index (Phi) is 5.90. The molecule has 1 N–H and O–H groups in total. The highest BCUT2D eigenvalue weighted by atomic mass is 16.1. The molecule has 0 unspecified atom stereocenters. The number of unbranched alkanes of at least 4 members (excludes halogenated alkanes) is 1. The third-order valence-electron chi connectivity index (χ3n) is 3.63. The maximum atomic E-state index is 12.1. The second kappa shape index (κ2) is 8.13. The molecule has 0 saturated heterocycles. The Morgan fingerprint density at radius 1 is 1.05 bits per heavy atom. The number of aldehydes is 1. The van der Waals surface area contributed by atoms with Crippen molar-refractivity contribution >= 4 is 12.2 Å². The summed E-state index contributed by atoms with van der Waals surface area (Å²) in [5, 5.41) is 2.85. The lowest BCUT2D eigenvalue weighted by atomic mass is 10.1. The number of carbonyl (C=O) groups is 2. The van der Waals surface area contributed by atoms with Crippen molar-refractivity contribution in [3.63, 3.8) is 0 Å². The summed E-state index contributed by atoms with van der Waals surface area (Å²) in [7, 11) is 0. The van der Waals surface area contributed by atoms with Crippen LogP contribution in [0, 0.1) is 0 Å². The molecule has 0 aliphatic carbocycles. The van der Waals surface area contributed by atoms with E-state index < -0.39 is 0 Å². The number of amides is 1. The third kappa shape index (κ3) is 4.29. The van der Waals surface area contributed by atoms with Gasteiger partial charge in [-0.15, -0.1) is 0 Å². The summed E-state index contributed by atoms with van der Waals surface area (Å²) >= 11 is 0. The summed E-state index contributed by atoms with van der Waals surface area (Å²) in [4.78, 5) is 23.1. The molecule has 2 aromatic carbocycles. The van der Waals surface area contributed by atoms with Gasteiger partial charge in [-0.1, -0.05) is 55.8 Å². The third-order valence-corrected chi connectivity index (χ3v) is 3.63. The van der Waals surface area contributed by atoms with E-state index in [1.54, 1.807) is 24.3 Å². The van der Waals surface area contributed by atoms with Gasteiger partial charge in [0.05, 0.1) is 0 Å². The van der Waals surface area contributed by atoms with Crippen molar-refractivity contribution in [3.8, 4) is 0 Å². The Hall–Kier alpha value is -2.42. The first kappa shape index (κ1) is 16.0. The second-order valence-corrected chi connectivity index (χ2v) is 5.31. The number of benzene rings is 2. The van der Waals surface area contributed by atoms with Gasteiger partial charge >= 0.3 is 0 Å². The second-order valence-electron chi connectivity index (χ2n) is 5.31. The van der Waals surface area contributed by atoms with E-state index in [0.717, 1.165) is 12.0 Å². The summed E-state index contributed by atoms with van der Waals surface area (Å²) < 4.78 is 0. The normalized spacial score (nSPS) is 10.2. The van der Waals surface area contributed by atoms with Crippen LogP contribution in [0.15, 0.2) is 48.5 Å². The van der Waals surface area contributed by atoms with Crippen molar-refractivity contribution < 1.29 is 9.59 Å². The lowest BCUT2D eigenvalue weighted by Gasteiger charge is -2.08. The van der Waals surface area contributed by atoms with Crippen LogP contribution in [-0.4, -0.2) is 12.2 Å². The average Bonchev–Trinajstić information content (AvgIpc) is 2.58. The van der Waals surface area contributed by atoms with Gasteiger partial charge in [-0.3, -0.25) is 9.59 Å². The maximum absolute atomic E-state index is 12.1. The zero-order valence-corrected chi connectivity index (χ0v) is 12.8. The number of carbonyl (C=O) groups excluding carboxylic acids is 2. The molecule has 0 aliphatic rings. The first-order valence-corrected chi connectivity index (χ1v) is 7.64. The summed E-state index contributed by atoms with van der Waals surface area (Å²) in [6.07, 6.45) is 4.18. The zero-order valence-electron chi connectivity index (χ0n) is 12.8. The van der Waals surface area contributed by atoms with Gasteiger partial charge < -0.3 is 5.32 Å². The van der Waals surface area contributed by atoms with Gasteiger partial charge in [0.2, 0.25) is 0 Å². The number of hydrogen-bond donors (Lipinski definition) is 1. The Balaban J connectivity index is 1.94. The van der Waals surface area contributed by atoms with E-state index in [1.807, 2.05) is 12.1 Å². The van der Waals surface area contributed by atoms with E-state index in [0.29, 0.717) is 24.0 Å². The molecule has 3 heteroatoms. The predicted octanol–water partition coefficient (Wildman–Crippen LogP) is 3.77. The molecule has 0 radical (unpaired) electrons. The highest BCUT2D eigenvalue weighted by Crippen LogP contribution is 2.09. The summed E-state index contributed by atoms with van der Waals surface area (Å²) in [5.41, 5.74) is 3.20. The zero-order chi connectivity index (χ0) is 15.8. The number of rotatable bonds is 7. The first-order valence-electron chi connectivity index (χ1n) is 7.64. The largest absolute Gasteiger partial charge is 0.348 e. The number of aryl methyl sites for hydroxylation is 1. The van der Waals surface area contributed by atoms with Crippen molar-refractivity contribution in [2.45, 2.75) is 32.7 Å². The van der Waals surface area contributed by atoms with Crippen LogP contribution in [0.2, 0.25) is 0 Å². The standard InChI is InChI=1S/C19H21NO2/c1-2-3-6-15-9-11-16(12-10-15)13-20-19(22)18-8-5-4-7-17(18)14-21/h4-5,7-12,14H,2-3,6,13H2,1H3,(H,20,22). The Labute approximate surface area is 131 Å². The highest BCUT2D eigenvalue weighted by molar-refractivity contribution is 6.01. The monoisotopic (exact) mass is 295 g/mol. The van der Waals surface area contributed by atoms with Gasteiger partial charge in [-0.25, -0.2) is 0 Å². The Bertz CT molecular complexity index is 632. The molecular formula is C19H21NO2. The van der Waals surface area contributed by atoms with E-state index in [9.17, 15) is 9.59 Å². The molecule has 0 fully saturated rings. The van der Waals surface area contributed by atoms with Crippen molar-refractivity contribution in [3.05, 3.63) is 70.8 Å². The number of hydrogen-bond acceptors (Lipinski definition) is 2. The van der Waals surface area contributed by atoms with Crippen LogP contribution >= 0.6 is 0 Å². The molecule has 0 bridgehead atoms. The molecular weight excluding hydrogens is 274 g/mol. The van der Waals surface area contributed by atoms with Crippen LogP contribution in [-0.2, 0) is 13.0 Å². The summed E-state index contributed by atoms with van der Waals surface area (Å²) in [6.45, 7) is 2.64. The van der Waals surface area contributed by atoms with Crippen LogP contribution in [0.4, 0.5) is 0 Å². The van der Waals surface area contributed by atoms with E-state index in [-0.39, 0.29) is 5.91 Å². The first-order chi connectivity index (χ1) is 10.7. The van der Waals surface area contributed by atoms with E-state index >= 15 is 0 Å². The molecule has 0 spiro atoms. The van der Waals surface area contributed by atoms with Crippen LogP contribution in [0.5, 0.6) is 0 Å². The lowest BCUT2D eigenvalue weighted by Crippen LogP contribution is -2.23. The van der Waals surface area contributed by atoms with Gasteiger partial charge in [-0.05, 0) is 30.0 Å². The van der Waals surface area contributed by atoms with E-state index in [2.05, 4.69) is 24.4 Å². The molecule has 0 aliphatic heterocycles. The molecule has 2 aromatic rings. The van der Waals surface area contributed by atoms with Gasteiger partial charge in [0.1, 0.15) is 0 Å². The van der Waals surface area contributed by atoms with Gasteiger partial charge in [0.15, 0.2) is 6.29 Å². The fourth-order valence-corrected chi connectivity index (χ4v) is 2.29. The Morgan fingerprint density at radius 3 is 2.41 bits per heavy atom. The van der Waals surface area contributed by atoms with E-state index in [1.165, 1.54) is 18.4 Å². The van der Waals surface area contributed by atoms with Crippen molar-refractivity contribution in [2.24, 2.45) is 0 Å². The fourth-order valence-electron chi connectivity index (χ4n) is 2.29. The molecule has 0 atom stereocenters. The fraction of sp³-hybridized carbons (Fsp3) is 0.263. The molecule has 0 saturated carbocycles. The van der Waals surface area contributed by atoms with Crippen molar-refractivity contribution in [1.29, 1.82) is 0 Å². The molecule has 0 heterocycles. The smallest absolute Gasteiger partial charge is 0.252 e. The van der Waals surface area contributed by atoms with Crippen LogP contribution in [0.3, 0.4) is 0 Å². The quantitative estimate of drug-likeness (QED) is 0.790. The predicted molar refractivity (Wildman–Crippen MR) is 88.1 cm³/mol. The number of nitrogens with one attached hydrogen (secondary N) is 1. The molecule has 2 rings (SSSR count). The maximum Gasteiger partial charge on any atom is 0.252 e. The van der Waals surface area contributed by atoms with Crippen LogP contribution in [0.25, 0.3) is 0 Å². The minimum Gasteiger partial charge on any atom is -0.348 e. The van der Waals surface area contributed by atoms with Gasteiger partial charge in [-0.2, -0.15) is 0 Å². The lowest BCUT2D eigenvalue weighted by molar-refractivity contribution is 0.0945. The van der Waals surface area contributed by atoms with Gasteiger partial charge in [0.25, 0.3) is 5.91 Å². The average molecular weight is 295 g/mol.